The molecule has 2 aliphatic heterocycles. The van der Waals surface area contributed by atoms with Gasteiger partial charge in [0.2, 0.25) is 0 Å². The summed E-state index contributed by atoms with van der Waals surface area (Å²) in [4.78, 5) is 21.3. The molecule has 0 bridgehead atoms. The number of nitrogens with zero attached hydrogens (tertiary/aromatic N) is 3. The molecule has 1 atom stereocenters. The molecule has 0 aromatic heterocycles. The number of amidine groups is 1. The van der Waals surface area contributed by atoms with Crippen molar-refractivity contribution in [1.29, 1.82) is 0 Å². The summed E-state index contributed by atoms with van der Waals surface area (Å²) in [6.07, 6.45) is -0.213. The first kappa shape index (κ1) is 17.8. The van der Waals surface area contributed by atoms with E-state index in [2.05, 4.69) is 46.4 Å². The Morgan fingerprint density at radius 2 is 2.00 bits per heavy atom. The second-order valence-electron chi connectivity index (χ2n) is 7.71. The third kappa shape index (κ3) is 3.54. The average molecular weight is 321 g/mol. The fourth-order valence-electron chi connectivity index (χ4n) is 3.53. The van der Waals surface area contributed by atoms with Crippen LogP contribution in [-0.2, 0) is 4.74 Å². The highest BCUT2D eigenvalue weighted by atomic mass is 16.6. The van der Waals surface area contributed by atoms with Crippen LogP contribution in [0, 0.1) is 11.3 Å². The van der Waals surface area contributed by atoms with Gasteiger partial charge in [0.25, 0.3) is 0 Å². The molecule has 0 aromatic rings. The van der Waals surface area contributed by atoms with E-state index in [4.69, 9.17) is 9.73 Å². The van der Waals surface area contributed by atoms with Crippen molar-refractivity contribution in [2.75, 3.05) is 26.2 Å². The summed E-state index contributed by atoms with van der Waals surface area (Å²) >= 11 is 0. The van der Waals surface area contributed by atoms with Gasteiger partial charge in [-0.25, -0.2) is 4.79 Å². The van der Waals surface area contributed by atoms with Gasteiger partial charge in [-0.3, -0.25) is 4.99 Å². The van der Waals surface area contributed by atoms with Gasteiger partial charge in [0, 0.05) is 24.2 Å². The third-order valence-electron chi connectivity index (χ3n) is 4.43. The maximum absolute atomic E-state index is 12.1. The summed E-state index contributed by atoms with van der Waals surface area (Å²) in [6, 6.07) is 0.164. The zero-order valence-corrected chi connectivity index (χ0v) is 15.6. The molecule has 0 aromatic carbocycles. The van der Waals surface area contributed by atoms with Crippen molar-refractivity contribution in [3.8, 4) is 0 Å². The van der Waals surface area contributed by atoms with E-state index in [0.29, 0.717) is 25.6 Å². The van der Waals surface area contributed by atoms with E-state index >= 15 is 0 Å². The first-order chi connectivity index (χ1) is 10.7. The molecule has 0 saturated carbocycles. The lowest BCUT2D eigenvalue weighted by molar-refractivity contribution is 0.0982. The molecule has 23 heavy (non-hydrogen) atoms. The number of amides is 1. The molecule has 2 aliphatic rings. The van der Waals surface area contributed by atoms with Gasteiger partial charge in [-0.15, -0.1) is 0 Å². The highest BCUT2D eigenvalue weighted by Gasteiger charge is 2.38. The quantitative estimate of drug-likeness (QED) is 0.782. The number of fused-ring (bicyclic) bond motifs is 1. The van der Waals surface area contributed by atoms with Crippen molar-refractivity contribution in [1.82, 2.24) is 9.80 Å². The van der Waals surface area contributed by atoms with Crippen LogP contribution < -0.4 is 0 Å². The van der Waals surface area contributed by atoms with Crippen LogP contribution in [-0.4, -0.2) is 54.0 Å². The van der Waals surface area contributed by atoms with Crippen molar-refractivity contribution in [3.05, 3.63) is 11.3 Å². The van der Waals surface area contributed by atoms with E-state index in [0.717, 1.165) is 12.4 Å². The maximum atomic E-state index is 12.1. The Morgan fingerprint density at radius 1 is 1.35 bits per heavy atom. The molecule has 5 heteroatoms. The SMILES string of the molecule is CCOC(=O)N1CCN2C(C(C)(C)C)=N[C@@H](C)C(C(C)C)=C2C1. The van der Waals surface area contributed by atoms with Crippen LogP contribution in [0.25, 0.3) is 0 Å². The summed E-state index contributed by atoms with van der Waals surface area (Å²) in [7, 11) is 0. The number of rotatable bonds is 2. The van der Waals surface area contributed by atoms with Gasteiger partial charge < -0.3 is 14.5 Å². The predicted molar refractivity (Wildman–Crippen MR) is 93.5 cm³/mol. The van der Waals surface area contributed by atoms with Crippen molar-refractivity contribution in [2.45, 2.75) is 54.5 Å². The number of carbonyl (C=O) groups is 1. The van der Waals surface area contributed by atoms with Crippen molar-refractivity contribution < 1.29 is 9.53 Å². The predicted octanol–water partition coefficient (Wildman–Crippen LogP) is 3.52. The smallest absolute Gasteiger partial charge is 0.410 e. The summed E-state index contributed by atoms with van der Waals surface area (Å²) in [5.41, 5.74) is 2.58. The Balaban J connectivity index is 2.38. The Labute approximate surface area is 140 Å². The molecule has 0 N–H and O–H groups in total. The zero-order chi connectivity index (χ0) is 17.4. The lowest BCUT2D eigenvalue weighted by Gasteiger charge is -2.46. The topological polar surface area (TPSA) is 45.1 Å². The average Bonchev–Trinajstić information content (AvgIpc) is 2.44. The van der Waals surface area contributed by atoms with Crippen LogP contribution in [0.5, 0.6) is 0 Å². The minimum absolute atomic E-state index is 0.00584. The van der Waals surface area contributed by atoms with Gasteiger partial charge in [-0.2, -0.15) is 0 Å². The van der Waals surface area contributed by atoms with Crippen LogP contribution >= 0.6 is 0 Å². The fraction of sp³-hybridized carbons (Fsp3) is 0.778. The van der Waals surface area contributed by atoms with Gasteiger partial charge in [-0.1, -0.05) is 34.6 Å². The van der Waals surface area contributed by atoms with Crippen LogP contribution in [0.15, 0.2) is 16.3 Å². The van der Waals surface area contributed by atoms with E-state index in [-0.39, 0.29) is 17.6 Å². The maximum Gasteiger partial charge on any atom is 0.410 e. The molecule has 1 fully saturated rings. The molecule has 0 spiro atoms. The first-order valence-corrected chi connectivity index (χ1v) is 8.67. The highest BCUT2D eigenvalue weighted by Crippen LogP contribution is 2.35. The summed E-state index contributed by atoms with van der Waals surface area (Å²) < 4.78 is 5.19. The second-order valence-corrected chi connectivity index (χ2v) is 7.71. The molecule has 2 rings (SSSR count). The van der Waals surface area contributed by atoms with E-state index in [1.54, 1.807) is 0 Å². The third-order valence-corrected chi connectivity index (χ3v) is 4.43. The second kappa shape index (κ2) is 6.54. The zero-order valence-electron chi connectivity index (χ0n) is 15.6. The van der Waals surface area contributed by atoms with Gasteiger partial charge in [0.15, 0.2) is 0 Å². The minimum atomic E-state index is -0.213. The van der Waals surface area contributed by atoms with Gasteiger partial charge >= 0.3 is 6.09 Å². The number of ether oxygens (including phenoxy) is 1. The molecule has 1 amide bonds. The number of aliphatic imine (C=N–C) groups is 1. The Hall–Kier alpha value is -1.52. The summed E-state index contributed by atoms with van der Waals surface area (Å²) in [5, 5.41) is 0. The van der Waals surface area contributed by atoms with Crippen LogP contribution in [0.1, 0.15) is 48.5 Å². The lowest BCUT2D eigenvalue weighted by atomic mass is 9.86. The minimum Gasteiger partial charge on any atom is -0.450 e. The van der Waals surface area contributed by atoms with Crippen LogP contribution in [0.3, 0.4) is 0 Å². The van der Waals surface area contributed by atoms with E-state index < -0.39 is 0 Å². The molecule has 0 unspecified atom stereocenters. The lowest BCUT2D eigenvalue weighted by Crippen LogP contribution is -2.54. The van der Waals surface area contributed by atoms with Gasteiger partial charge in [0.05, 0.1) is 19.2 Å². The fourth-order valence-corrected chi connectivity index (χ4v) is 3.53. The van der Waals surface area contributed by atoms with Crippen molar-refractivity contribution >= 4 is 11.9 Å². The largest absolute Gasteiger partial charge is 0.450 e. The molecular weight excluding hydrogens is 290 g/mol. The Bertz CT molecular complexity index is 529. The number of hydrogen-bond acceptors (Lipinski definition) is 4. The highest BCUT2D eigenvalue weighted by molar-refractivity contribution is 5.90. The van der Waals surface area contributed by atoms with E-state index in [1.165, 1.54) is 11.3 Å². The monoisotopic (exact) mass is 321 g/mol. The Morgan fingerprint density at radius 3 is 2.52 bits per heavy atom. The van der Waals surface area contributed by atoms with Crippen LogP contribution in [0.2, 0.25) is 0 Å². The Kier molecular flexibility index (Phi) is 5.07. The summed E-state index contributed by atoms with van der Waals surface area (Å²) in [5.74, 6) is 1.54. The molecule has 1 saturated heterocycles. The van der Waals surface area contributed by atoms with Crippen molar-refractivity contribution in [2.24, 2.45) is 16.3 Å². The number of carbonyl (C=O) groups excluding carboxylic acids is 1. The molecule has 2 heterocycles. The number of piperazine rings is 1. The number of hydrogen-bond donors (Lipinski definition) is 0. The first-order valence-electron chi connectivity index (χ1n) is 8.67. The standard InChI is InChI=1S/C18H31N3O2/c1-8-23-17(22)20-9-10-21-14(11-20)15(12(2)3)13(4)19-16(21)18(5,6)7/h12-13H,8-11H2,1-7H3/t13-/m0/s1. The molecule has 130 valence electrons. The van der Waals surface area contributed by atoms with Crippen LogP contribution in [0.4, 0.5) is 4.79 Å². The van der Waals surface area contributed by atoms with Crippen molar-refractivity contribution in [3.63, 3.8) is 0 Å². The summed E-state index contributed by atoms with van der Waals surface area (Å²) in [6.45, 7) is 17.5. The molecule has 0 aliphatic carbocycles. The van der Waals surface area contributed by atoms with Gasteiger partial charge in [0.1, 0.15) is 5.84 Å². The van der Waals surface area contributed by atoms with E-state index in [9.17, 15) is 4.79 Å². The van der Waals surface area contributed by atoms with E-state index in [1.807, 2.05) is 11.8 Å². The molecule has 0 radical (unpaired) electrons. The molecular formula is C18H31N3O2. The molecule has 5 nitrogen and oxygen atoms in total. The normalized spacial score (nSPS) is 22.3. The van der Waals surface area contributed by atoms with Gasteiger partial charge in [-0.05, 0) is 25.3 Å².